The van der Waals surface area contributed by atoms with Gasteiger partial charge in [0.05, 0.1) is 6.61 Å². The van der Waals surface area contributed by atoms with Crippen LogP contribution in [0.25, 0.3) is 0 Å². The number of carboxylic acid groups (broad SMARTS) is 1. The Morgan fingerprint density at radius 3 is 2.46 bits per heavy atom. The lowest BCUT2D eigenvalue weighted by Crippen LogP contribution is -2.54. The van der Waals surface area contributed by atoms with Crippen LogP contribution in [0.2, 0.25) is 0 Å². The maximum Gasteiger partial charge on any atom is 0.422 e. The number of halogens is 2. The van der Waals surface area contributed by atoms with Crippen molar-refractivity contribution in [2.45, 2.75) is 39.0 Å². The zero-order chi connectivity index (χ0) is 18.5. The van der Waals surface area contributed by atoms with Gasteiger partial charge in [0.2, 0.25) is 0 Å². The van der Waals surface area contributed by atoms with E-state index in [9.17, 15) is 23.5 Å². The average Bonchev–Trinajstić information content (AvgIpc) is 2.40. The van der Waals surface area contributed by atoms with Crippen LogP contribution in [0.1, 0.15) is 26.3 Å². The number of aliphatic carboxylic acids is 1. The lowest BCUT2D eigenvalue weighted by atomic mass is 10.2. The van der Waals surface area contributed by atoms with E-state index >= 15 is 0 Å². The summed E-state index contributed by atoms with van der Waals surface area (Å²) < 4.78 is 32.0. The van der Waals surface area contributed by atoms with Crippen LogP contribution in [-0.4, -0.2) is 45.5 Å². The molecule has 0 fully saturated rings. The number of hydrazine groups is 1. The summed E-state index contributed by atoms with van der Waals surface area (Å²) in [6.07, 6.45) is -0.987. The van der Waals surface area contributed by atoms with Crippen molar-refractivity contribution in [1.29, 1.82) is 0 Å². The molecule has 7 nitrogen and oxygen atoms in total. The number of nitrogens with one attached hydrogen (secondary N) is 1. The topological polar surface area (TPSA) is 99.1 Å². The minimum Gasteiger partial charge on any atom is -0.480 e. The number of aliphatic hydroxyl groups excluding tert-OH is 1. The van der Waals surface area contributed by atoms with Crippen LogP contribution in [-0.2, 0) is 16.1 Å². The SMILES string of the molecule is CC(C)(C)OC(=O)NN(Cc1cc(F)ccc1F)[C@H](CO)C(=O)O. The van der Waals surface area contributed by atoms with Gasteiger partial charge in [-0.05, 0) is 39.0 Å². The molecular formula is C15H20F2N2O5. The van der Waals surface area contributed by atoms with E-state index in [4.69, 9.17) is 9.84 Å². The van der Waals surface area contributed by atoms with Crippen molar-refractivity contribution in [3.63, 3.8) is 0 Å². The number of hydrogen-bond donors (Lipinski definition) is 3. The summed E-state index contributed by atoms with van der Waals surface area (Å²) in [4.78, 5) is 23.1. The number of carbonyl (C=O) groups excluding carboxylic acids is 1. The Morgan fingerprint density at radius 2 is 1.96 bits per heavy atom. The van der Waals surface area contributed by atoms with Crippen molar-refractivity contribution in [3.05, 3.63) is 35.4 Å². The van der Waals surface area contributed by atoms with E-state index in [0.29, 0.717) is 0 Å². The second kappa shape index (κ2) is 8.02. The van der Waals surface area contributed by atoms with Crippen LogP contribution in [0, 0.1) is 11.6 Å². The van der Waals surface area contributed by atoms with Crippen LogP contribution >= 0.6 is 0 Å². The van der Waals surface area contributed by atoms with E-state index in [0.717, 1.165) is 23.2 Å². The molecule has 0 saturated carbocycles. The first-order valence-electron chi connectivity index (χ1n) is 7.07. The molecule has 1 atom stereocenters. The molecule has 1 aromatic rings. The molecule has 0 aliphatic carbocycles. The zero-order valence-corrected chi connectivity index (χ0v) is 13.5. The molecule has 134 valence electrons. The molecule has 0 aliphatic rings. The third-order valence-electron chi connectivity index (χ3n) is 2.82. The van der Waals surface area contributed by atoms with Crippen molar-refractivity contribution < 1.29 is 33.3 Å². The van der Waals surface area contributed by atoms with Gasteiger partial charge in [-0.3, -0.25) is 10.2 Å². The summed E-state index contributed by atoms with van der Waals surface area (Å²) in [5.41, 5.74) is 1.10. The van der Waals surface area contributed by atoms with Gasteiger partial charge in [0.1, 0.15) is 23.3 Å². The molecule has 1 rings (SSSR count). The van der Waals surface area contributed by atoms with Crippen molar-refractivity contribution in [2.75, 3.05) is 6.61 Å². The predicted molar refractivity (Wildman–Crippen MR) is 79.8 cm³/mol. The monoisotopic (exact) mass is 346 g/mol. The van der Waals surface area contributed by atoms with E-state index in [2.05, 4.69) is 5.43 Å². The largest absolute Gasteiger partial charge is 0.480 e. The third-order valence-corrected chi connectivity index (χ3v) is 2.82. The second-order valence-electron chi connectivity index (χ2n) is 6.01. The van der Waals surface area contributed by atoms with Gasteiger partial charge < -0.3 is 14.9 Å². The second-order valence-corrected chi connectivity index (χ2v) is 6.01. The van der Waals surface area contributed by atoms with Crippen LogP contribution in [0.4, 0.5) is 13.6 Å². The first kappa shape index (κ1) is 19.8. The molecule has 0 aromatic heterocycles. The van der Waals surface area contributed by atoms with Gasteiger partial charge in [-0.15, -0.1) is 0 Å². The maximum absolute atomic E-state index is 13.8. The highest BCUT2D eigenvalue weighted by atomic mass is 19.1. The van der Waals surface area contributed by atoms with Gasteiger partial charge in [0, 0.05) is 12.1 Å². The summed E-state index contributed by atoms with van der Waals surface area (Å²) in [5, 5.41) is 19.1. The van der Waals surface area contributed by atoms with Gasteiger partial charge in [0.25, 0.3) is 0 Å². The maximum atomic E-state index is 13.8. The summed E-state index contributed by atoms with van der Waals surface area (Å²) in [6, 6.07) is 1.09. The number of hydrogen-bond acceptors (Lipinski definition) is 5. The number of rotatable bonds is 6. The van der Waals surface area contributed by atoms with E-state index in [1.54, 1.807) is 20.8 Å². The van der Waals surface area contributed by atoms with E-state index in [1.807, 2.05) is 0 Å². The van der Waals surface area contributed by atoms with Crippen LogP contribution in [0.15, 0.2) is 18.2 Å². The van der Waals surface area contributed by atoms with Crippen LogP contribution in [0.5, 0.6) is 0 Å². The van der Waals surface area contributed by atoms with E-state index in [1.165, 1.54) is 0 Å². The molecule has 9 heteroatoms. The van der Waals surface area contributed by atoms with Crippen molar-refractivity contribution >= 4 is 12.1 Å². The molecule has 0 spiro atoms. The summed E-state index contributed by atoms with van der Waals surface area (Å²) in [7, 11) is 0. The summed E-state index contributed by atoms with van der Waals surface area (Å²) in [6.45, 7) is 3.46. The number of carboxylic acids is 1. The minimum absolute atomic E-state index is 0.189. The Kier molecular flexibility index (Phi) is 6.61. The molecule has 0 aliphatic heterocycles. The summed E-state index contributed by atoms with van der Waals surface area (Å²) >= 11 is 0. The Hall–Kier alpha value is -2.26. The molecule has 0 unspecified atom stereocenters. The fourth-order valence-corrected chi connectivity index (χ4v) is 1.80. The lowest BCUT2D eigenvalue weighted by molar-refractivity contribution is -0.146. The van der Waals surface area contributed by atoms with Gasteiger partial charge in [-0.2, -0.15) is 5.01 Å². The first-order chi connectivity index (χ1) is 11.0. The molecule has 3 N–H and O–H groups in total. The fourth-order valence-electron chi connectivity index (χ4n) is 1.80. The molecule has 24 heavy (non-hydrogen) atoms. The molecule has 1 aromatic carbocycles. The molecule has 0 radical (unpaired) electrons. The predicted octanol–water partition coefficient (Wildman–Crippen LogP) is 1.65. The summed E-state index contributed by atoms with van der Waals surface area (Å²) in [5.74, 6) is -2.96. The molecule has 0 bridgehead atoms. The third kappa shape index (κ3) is 6.09. The van der Waals surface area contributed by atoms with Crippen LogP contribution in [0.3, 0.4) is 0 Å². The van der Waals surface area contributed by atoms with Gasteiger partial charge in [-0.1, -0.05) is 0 Å². The standard InChI is InChI=1S/C15H20F2N2O5/c1-15(2,3)24-14(23)18-19(12(8-20)13(21)22)7-9-6-10(16)4-5-11(9)17/h4-6,12,20H,7-8H2,1-3H3,(H,18,23)(H,21,22)/t12-/m1/s1. The number of nitrogens with zero attached hydrogens (tertiary/aromatic N) is 1. The zero-order valence-electron chi connectivity index (χ0n) is 13.5. The van der Waals surface area contributed by atoms with Gasteiger partial charge in [-0.25, -0.2) is 13.6 Å². The highest BCUT2D eigenvalue weighted by Crippen LogP contribution is 2.14. The Balaban J connectivity index is 3.03. The minimum atomic E-state index is -1.57. The molecule has 1 amide bonds. The van der Waals surface area contributed by atoms with Gasteiger partial charge >= 0.3 is 12.1 Å². The number of carbonyl (C=O) groups is 2. The van der Waals surface area contributed by atoms with Crippen molar-refractivity contribution in [2.24, 2.45) is 0 Å². The average molecular weight is 346 g/mol. The van der Waals surface area contributed by atoms with E-state index in [-0.39, 0.29) is 5.56 Å². The fraction of sp³-hybridized carbons (Fsp3) is 0.467. The van der Waals surface area contributed by atoms with Crippen LogP contribution < -0.4 is 5.43 Å². The smallest absolute Gasteiger partial charge is 0.422 e. The lowest BCUT2D eigenvalue weighted by Gasteiger charge is -2.29. The van der Waals surface area contributed by atoms with E-state index < -0.39 is 48.5 Å². The first-order valence-corrected chi connectivity index (χ1v) is 7.07. The Morgan fingerprint density at radius 1 is 1.33 bits per heavy atom. The molecule has 0 saturated heterocycles. The van der Waals surface area contributed by atoms with Gasteiger partial charge in [0.15, 0.2) is 0 Å². The van der Waals surface area contributed by atoms with Crippen molar-refractivity contribution in [1.82, 2.24) is 10.4 Å². The number of aliphatic hydroxyl groups is 1. The highest BCUT2D eigenvalue weighted by molar-refractivity contribution is 5.74. The number of ether oxygens (including phenoxy) is 1. The highest BCUT2D eigenvalue weighted by Gasteiger charge is 2.29. The molecular weight excluding hydrogens is 326 g/mol. The molecule has 0 heterocycles. The number of amides is 1. The van der Waals surface area contributed by atoms with Crippen molar-refractivity contribution in [3.8, 4) is 0 Å². The normalized spacial score (nSPS) is 12.8. The Bertz CT molecular complexity index is 604. The number of benzene rings is 1. The Labute approximate surface area is 137 Å². The quantitative estimate of drug-likeness (QED) is 0.678.